The van der Waals surface area contributed by atoms with Crippen LogP contribution in [0.4, 0.5) is 0 Å². The lowest BCUT2D eigenvalue weighted by molar-refractivity contribution is 0.776. The van der Waals surface area contributed by atoms with Crippen molar-refractivity contribution in [2.45, 2.75) is 46.0 Å². The zero-order valence-electron chi connectivity index (χ0n) is 7.71. The number of halogens is 2. The number of unbranched alkanes of at least 4 members (excludes halogenated alkanes) is 3. The third-order valence-corrected chi connectivity index (χ3v) is 1.76. The molecule has 0 aromatic heterocycles. The summed E-state index contributed by atoms with van der Waals surface area (Å²) in [6.07, 6.45) is 6.10. The maximum absolute atomic E-state index is 5.38. The molecule has 0 radical (unpaired) electrons. The summed E-state index contributed by atoms with van der Waals surface area (Å²) in [5.41, 5.74) is 0. The van der Waals surface area contributed by atoms with Gasteiger partial charge in [-0.2, -0.15) is 0 Å². The van der Waals surface area contributed by atoms with Gasteiger partial charge in [0, 0.05) is 11.8 Å². The van der Waals surface area contributed by atoms with Gasteiger partial charge in [0.25, 0.3) is 0 Å². The van der Waals surface area contributed by atoms with Crippen LogP contribution in [0.15, 0.2) is 0 Å². The standard InChI is InChI=1S/C5H11Cl.C4H9Cl/c1-2-3-4-5-6;1-2-3-4-5/h2-5H2,1H3;2-4H2,1H3. The van der Waals surface area contributed by atoms with Crippen LogP contribution in [0.5, 0.6) is 0 Å². The van der Waals surface area contributed by atoms with Crippen molar-refractivity contribution in [2.24, 2.45) is 0 Å². The maximum atomic E-state index is 5.38. The minimum atomic E-state index is 0.816. The molecule has 2 heteroatoms. The fourth-order valence-corrected chi connectivity index (χ4v) is 0.934. The first-order valence-electron chi connectivity index (χ1n) is 4.45. The van der Waals surface area contributed by atoms with E-state index in [0.29, 0.717) is 0 Å². The van der Waals surface area contributed by atoms with Gasteiger partial charge in [-0.3, -0.25) is 0 Å². The maximum Gasteiger partial charge on any atom is 0.0223 e. The summed E-state index contributed by atoms with van der Waals surface area (Å²) < 4.78 is 0. The Morgan fingerprint density at radius 2 is 1.18 bits per heavy atom. The second kappa shape index (κ2) is 16.9. The van der Waals surface area contributed by atoms with E-state index in [1.54, 1.807) is 0 Å². The first kappa shape index (κ1) is 14.1. The molecule has 11 heavy (non-hydrogen) atoms. The van der Waals surface area contributed by atoms with Gasteiger partial charge in [0.1, 0.15) is 0 Å². The molecule has 0 spiro atoms. The molecule has 0 aromatic rings. The normalized spacial score (nSPS) is 8.73. The predicted octanol–water partition coefficient (Wildman–Crippen LogP) is 4.44. The van der Waals surface area contributed by atoms with Crippen LogP contribution < -0.4 is 0 Å². The van der Waals surface area contributed by atoms with Crippen molar-refractivity contribution in [2.75, 3.05) is 11.8 Å². The Labute approximate surface area is 81.3 Å². The van der Waals surface area contributed by atoms with Crippen molar-refractivity contribution < 1.29 is 0 Å². The molecule has 0 aliphatic heterocycles. The Morgan fingerprint density at radius 3 is 1.27 bits per heavy atom. The molecule has 0 unspecified atom stereocenters. The van der Waals surface area contributed by atoms with E-state index < -0.39 is 0 Å². The second-order valence-corrected chi connectivity index (χ2v) is 3.19. The van der Waals surface area contributed by atoms with Gasteiger partial charge < -0.3 is 0 Å². The molecule has 0 atom stereocenters. The number of alkyl halides is 2. The zero-order valence-corrected chi connectivity index (χ0v) is 9.22. The van der Waals surface area contributed by atoms with Crippen LogP contribution in [0.2, 0.25) is 0 Å². The molecule has 0 bridgehead atoms. The molecule has 0 heterocycles. The minimum absolute atomic E-state index is 0.816. The molecule has 70 valence electrons. The largest absolute Gasteiger partial charge is 0.127 e. The fraction of sp³-hybridized carbons (Fsp3) is 1.00. The van der Waals surface area contributed by atoms with Crippen molar-refractivity contribution in [3.8, 4) is 0 Å². The molecule has 0 saturated carbocycles. The van der Waals surface area contributed by atoms with Gasteiger partial charge in [0.2, 0.25) is 0 Å². The lowest BCUT2D eigenvalue weighted by Crippen LogP contribution is -1.70. The second-order valence-electron chi connectivity index (χ2n) is 2.44. The van der Waals surface area contributed by atoms with E-state index in [1.807, 2.05) is 0 Å². The summed E-state index contributed by atoms with van der Waals surface area (Å²) in [6.45, 7) is 4.30. The van der Waals surface area contributed by atoms with Gasteiger partial charge in [-0.05, 0) is 12.8 Å². The summed E-state index contributed by atoms with van der Waals surface area (Å²) in [7, 11) is 0. The quantitative estimate of drug-likeness (QED) is 0.453. The highest BCUT2D eigenvalue weighted by Gasteiger charge is 1.76. The van der Waals surface area contributed by atoms with Crippen molar-refractivity contribution in [1.82, 2.24) is 0 Å². The van der Waals surface area contributed by atoms with Crippen LogP contribution in [0.3, 0.4) is 0 Å². The topological polar surface area (TPSA) is 0 Å². The molecule has 0 rings (SSSR count). The molecule has 0 fully saturated rings. The van der Waals surface area contributed by atoms with Crippen molar-refractivity contribution >= 4 is 23.2 Å². The van der Waals surface area contributed by atoms with Gasteiger partial charge in [-0.25, -0.2) is 0 Å². The molecular formula is C9H20Cl2. The summed E-state index contributed by atoms with van der Waals surface area (Å²) >= 11 is 10.7. The highest BCUT2D eigenvalue weighted by Crippen LogP contribution is 1.93. The van der Waals surface area contributed by atoms with Gasteiger partial charge in [-0.15, -0.1) is 23.2 Å². The van der Waals surface area contributed by atoms with E-state index in [0.717, 1.165) is 18.2 Å². The monoisotopic (exact) mass is 198 g/mol. The Morgan fingerprint density at radius 1 is 0.727 bits per heavy atom. The molecule has 0 saturated heterocycles. The molecule has 0 aliphatic rings. The van der Waals surface area contributed by atoms with Crippen molar-refractivity contribution in [3.63, 3.8) is 0 Å². The van der Waals surface area contributed by atoms with E-state index in [4.69, 9.17) is 23.2 Å². The zero-order chi connectivity index (χ0) is 8.95. The average molecular weight is 199 g/mol. The average Bonchev–Trinajstić information content (AvgIpc) is 2.04. The van der Waals surface area contributed by atoms with E-state index in [1.165, 1.54) is 25.7 Å². The Balaban J connectivity index is 0. The van der Waals surface area contributed by atoms with Crippen LogP contribution in [-0.2, 0) is 0 Å². The molecule has 0 N–H and O–H groups in total. The van der Waals surface area contributed by atoms with E-state index in [9.17, 15) is 0 Å². The summed E-state index contributed by atoms with van der Waals surface area (Å²) in [5.74, 6) is 1.64. The number of hydrogen-bond donors (Lipinski definition) is 0. The van der Waals surface area contributed by atoms with Gasteiger partial charge in [0.15, 0.2) is 0 Å². The lowest BCUT2D eigenvalue weighted by atomic mass is 10.3. The van der Waals surface area contributed by atoms with Crippen LogP contribution >= 0.6 is 23.2 Å². The van der Waals surface area contributed by atoms with Gasteiger partial charge in [-0.1, -0.05) is 33.1 Å². The third-order valence-electron chi connectivity index (χ3n) is 1.22. The molecule has 0 aromatic carbocycles. The smallest absolute Gasteiger partial charge is 0.0223 e. The van der Waals surface area contributed by atoms with Crippen LogP contribution in [-0.4, -0.2) is 11.8 Å². The van der Waals surface area contributed by atoms with Crippen LogP contribution in [0.1, 0.15) is 46.0 Å². The first-order valence-corrected chi connectivity index (χ1v) is 5.52. The molecular weight excluding hydrogens is 179 g/mol. The van der Waals surface area contributed by atoms with E-state index in [-0.39, 0.29) is 0 Å². The minimum Gasteiger partial charge on any atom is -0.127 e. The van der Waals surface area contributed by atoms with Gasteiger partial charge in [0.05, 0.1) is 0 Å². The molecule has 0 nitrogen and oxygen atoms in total. The van der Waals surface area contributed by atoms with Crippen LogP contribution in [0, 0.1) is 0 Å². The first-order chi connectivity index (χ1) is 5.33. The summed E-state index contributed by atoms with van der Waals surface area (Å²) in [4.78, 5) is 0. The molecule has 0 amide bonds. The summed E-state index contributed by atoms with van der Waals surface area (Å²) in [6, 6.07) is 0. The van der Waals surface area contributed by atoms with E-state index >= 15 is 0 Å². The number of hydrogen-bond acceptors (Lipinski definition) is 0. The Hall–Kier alpha value is 0.580. The van der Waals surface area contributed by atoms with Crippen molar-refractivity contribution in [1.29, 1.82) is 0 Å². The lowest BCUT2D eigenvalue weighted by Gasteiger charge is -1.84. The van der Waals surface area contributed by atoms with E-state index in [2.05, 4.69) is 13.8 Å². The Bertz CT molecular complexity index is 40.8. The highest BCUT2D eigenvalue weighted by atomic mass is 35.5. The Kier molecular flexibility index (Phi) is 21.7. The number of rotatable bonds is 5. The SMILES string of the molecule is CCCCCCl.CCCCCl. The highest BCUT2D eigenvalue weighted by molar-refractivity contribution is 6.18. The third kappa shape index (κ3) is 25.0. The molecule has 0 aliphatic carbocycles. The van der Waals surface area contributed by atoms with Crippen molar-refractivity contribution in [3.05, 3.63) is 0 Å². The fourth-order valence-electron chi connectivity index (χ4n) is 0.478. The van der Waals surface area contributed by atoms with Gasteiger partial charge >= 0.3 is 0 Å². The van der Waals surface area contributed by atoms with Crippen LogP contribution in [0.25, 0.3) is 0 Å². The predicted molar refractivity (Wildman–Crippen MR) is 55.9 cm³/mol. The summed E-state index contributed by atoms with van der Waals surface area (Å²) in [5, 5.41) is 0.